The Labute approximate surface area is 180 Å². The van der Waals surface area contributed by atoms with E-state index in [0.29, 0.717) is 18.1 Å². The summed E-state index contributed by atoms with van der Waals surface area (Å²) in [4.78, 5) is 19.1. The molecule has 1 heterocycles. The van der Waals surface area contributed by atoms with Gasteiger partial charge in [0.1, 0.15) is 12.4 Å². The molecule has 0 unspecified atom stereocenters. The van der Waals surface area contributed by atoms with E-state index in [0.717, 1.165) is 16.7 Å². The normalized spacial score (nSPS) is 10.9. The fourth-order valence-corrected chi connectivity index (χ4v) is 3.11. The molecule has 0 aliphatic heterocycles. The highest BCUT2D eigenvalue weighted by atomic mass is 16.5. The molecule has 0 atom stereocenters. The van der Waals surface area contributed by atoms with Crippen LogP contribution in [0.4, 0.5) is 5.95 Å². The monoisotopic (exact) mass is 410 g/mol. The van der Waals surface area contributed by atoms with Crippen LogP contribution in [-0.2, 0) is 6.61 Å². The maximum atomic E-state index is 12.0. The van der Waals surface area contributed by atoms with Crippen molar-refractivity contribution in [2.45, 2.75) is 13.5 Å². The summed E-state index contributed by atoms with van der Waals surface area (Å²) < 4.78 is 5.98. The van der Waals surface area contributed by atoms with Gasteiger partial charge in [-0.3, -0.25) is 9.78 Å². The Balaban J connectivity index is 1.47. The second kappa shape index (κ2) is 9.54. The summed E-state index contributed by atoms with van der Waals surface area (Å²) in [6.07, 6.45) is 1.64. The van der Waals surface area contributed by atoms with Gasteiger partial charge in [-0.1, -0.05) is 72.3 Å². The van der Waals surface area contributed by atoms with E-state index in [1.807, 2.05) is 66.7 Å². The van der Waals surface area contributed by atoms with Crippen LogP contribution >= 0.6 is 0 Å². The molecule has 4 aromatic rings. The molecule has 4 rings (SSSR count). The number of rotatable bonds is 7. The van der Waals surface area contributed by atoms with Gasteiger partial charge < -0.3 is 4.74 Å². The number of nitrogens with zero attached hydrogens (tertiary/aromatic N) is 2. The van der Waals surface area contributed by atoms with Gasteiger partial charge in [0.2, 0.25) is 5.95 Å². The van der Waals surface area contributed by atoms with Crippen LogP contribution in [0, 0.1) is 6.92 Å². The number of anilines is 1. The Morgan fingerprint density at radius 2 is 1.81 bits per heavy atom. The quantitative estimate of drug-likeness (QED) is 0.340. The van der Waals surface area contributed by atoms with Crippen LogP contribution in [0.5, 0.6) is 5.75 Å². The van der Waals surface area contributed by atoms with E-state index < -0.39 is 0 Å². The van der Waals surface area contributed by atoms with E-state index in [1.54, 1.807) is 6.21 Å². The summed E-state index contributed by atoms with van der Waals surface area (Å²) in [7, 11) is 0. The Morgan fingerprint density at radius 3 is 2.65 bits per heavy atom. The van der Waals surface area contributed by atoms with Crippen LogP contribution in [0.2, 0.25) is 0 Å². The van der Waals surface area contributed by atoms with Crippen LogP contribution in [-0.4, -0.2) is 16.2 Å². The number of hydrogen-bond donors (Lipinski definition) is 2. The van der Waals surface area contributed by atoms with Gasteiger partial charge in [-0.25, -0.2) is 10.4 Å². The molecule has 0 saturated heterocycles. The first-order valence-corrected chi connectivity index (χ1v) is 9.90. The molecule has 154 valence electrons. The Kier molecular flexibility index (Phi) is 6.18. The number of hydrogen-bond acceptors (Lipinski definition) is 5. The first-order chi connectivity index (χ1) is 15.2. The predicted octanol–water partition coefficient (Wildman–Crippen LogP) is 4.77. The molecule has 0 fully saturated rings. The molecule has 0 aliphatic carbocycles. The Hall–Kier alpha value is -4.19. The number of aryl methyl sites for hydroxylation is 1. The van der Waals surface area contributed by atoms with Crippen molar-refractivity contribution >= 4 is 12.2 Å². The number of aromatic amines is 1. The predicted molar refractivity (Wildman–Crippen MR) is 123 cm³/mol. The minimum atomic E-state index is -0.256. The number of para-hydroxylation sites is 1. The van der Waals surface area contributed by atoms with E-state index in [2.05, 4.69) is 39.6 Å². The molecule has 0 saturated carbocycles. The van der Waals surface area contributed by atoms with Crippen LogP contribution in [0.1, 0.15) is 16.7 Å². The van der Waals surface area contributed by atoms with Crippen molar-refractivity contribution in [1.82, 2.24) is 9.97 Å². The van der Waals surface area contributed by atoms with Gasteiger partial charge in [0.25, 0.3) is 5.56 Å². The molecule has 6 heteroatoms. The summed E-state index contributed by atoms with van der Waals surface area (Å²) in [6.45, 7) is 2.52. The van der Waals surface area contributed by atoms with E-state index in [1.165, 1.54) is 11.6 Å². The molecule has 0 radical (unpaired) electrons. The van der Waals surface area contributed by atoms with E-state index in [-0.39, 0.29) is 11.5 Å². The molecule has 0 aliphatic rings. The third-order valence-corrected chi connectivity index (χ3v) is 4.58. The van der Waals surface area contributed by atoms with Gasteiger partial charge in [0, 0.05) is 17.2 Å². The highest BCUT2D eigenvalue weighted by molar-refractivity contribution is 5.83. The second-order valence-electron chi connectivity index (χ2n) is 7.03. The van der Waals surface area contributed by atoms with Gasteiger partial charge >= 0.3 is 0 Å². The van der Waals surface area contributed by atoms with Crippen molar-refractivity contribution in [3.63, 3.8) is 0 Å². The summed E-state index contributed by atoms with van der Waals surface area (Å²) in [5, 5.41) is 4.23. The van der Waals surface area contributed by atoms with Crippen LogP contribution in [0.25, 0.3) is 11.3 Å². The van der Waals surface area contributed by atoms with Crippen molar-refractivity contribution in [2.75, 3.05) is 5.43 Å². The SMILES string of the molecule is Cc1cccc(COc2ccccc2/C=N/Nc2nc(-c3ccccc3)cc(=O)[nH]2)c1. The summed E-state index contributed by atoms with van der Waals surface area (Å²) >= 11 is 0. The lowest BCUT2D eigenvalue weighted by molar-refractivity contribution is 0.305. The third kappa shape index (κ3) is 5.45. The number of ether oxygens (including phenoxy) is 1. The fraction of sp³-hybridized carbons (Fsp3) is 0.0800. The largest absolute Gasteiger partial charge is 0.488 e. The molecule has 3 aromatic carbocycles. The average molecular weight is 410 g/mol. The highest BCUT2D eigenvalue weighted by Gasteiger charge is 2.04. The first-order valence-electron chi connectivity index (χ1n) is 9.90. The fourth-order valence-electron chi connectivity index (χ4n) is 3.11. The lowest BCUT2D eigenvalue weighted by atomic mass is 10.1. The van der Waals surface area contributed by atoms with Gasteiger partial charge in [-0.15, -0.1) is 0 Å². The Bertz CT molecular complexity index is 1250. The summed E-state index contributed by atoms with van der Waals surface area (Å²) in [6, 6.07) is 26.8. The Morgan fingerprint density at radius 1 is 1.00 bits per heavy atom. The molecule has 0 amide bonds. The minimum absolute atomic E-state index is 0.256. The number of H-pyrrole nitrogens is 1. The standard InChI is InChI=1S/C25H22N4O2/c1-18-8-7-9-19(14-18)17-31-23-13-6-5-12-21(23)16-26-29-25-27-22(15-24(30)28-25)20-10-3-2-4-11-20/h2-16H,17H2,1H3,(H2,27,28,29,30)/b26-16+. The highest BCUT2D eigenvalue weighted by Crippen LogP contribution is 2.19. The zero-order valence-electron chi connectivity index (χ0n) is 17.1. The van der Waals surface area contributed by atoms with E-state index in [9.17, 15) is 4.79 Å². The zero-order valence-corrected chi connectivity index (χ0v) is 17.1. The topological polar surface area (TPSA) is 79.4 Å². The van der Waals surface area contributed by atoms with Crippen molar-refractivity contribution in [1.29, 1.82) is 0 Å². The van der Waals surface area contributed by atoms with E-state index in [4.69, 9.17) is 4.74 Å². The van der Waals surface area contributed by atoms with Gasteiger partial charge in [0.15, 0.2) is 0 Å². The molecule has 2 N–H and O–H groups in total. The average Bonchev–Trinajstić information content (AvgIpc) is 2.79. The van der Waals surface area contributed by atoms with Gasteiger partial charge in [-0.05, 0) is 24.6 Å². The smallest absolute Gasteiger partial charge is 0.252 e. The molecular weight excluding hydrogens is 388 g/mol. The maximum absolute atomic E-state index is 12.0. The van der Waals surface area contributed by atoms with Crippen molar-refractivity contribution in [3.05, 3.63) is 112 Å². The van der Waals surface area contributed by atoms with Crippen LogP contribution in [0.3, 0.4) is 0 Å². The van der Waals surface area contributed by atoms with Crippen LogP contribution in [0.15, 0.2) is 94.8 Å². The maximum Gasteiger partial charge on any atom is 0.252 e. The molecule has 6 nitrogen and oxygen atoms in total. The minimum Gasteiger partial charge on any atom is -0.488 e. The molecule has 1 aromatic heterocycles. The second-order valence-corrected chi connectivity index (χ2v) is 7.03. The molecule has 0 bridgehead atoms. The van der Waals surface area contributed by atoms with Crippen molar-refractivity contribution < 1.29 is 4.74 Å². The number of benzene rings is 3. The number of nitrogens with one attached hydrogen (secondary N) is 2. The number of hydrazone groups is 1. The number of aromatic nitrogens is 2. The van der Waals surface area contributed by atoms with E-state index >= 15 is 0 Å². The molecule has 0 spiro atoms. The summed E-state index contributed by atoms with van der Waals surface area (Å²) in [5.41, 5.74) is 7.08. The van der Waals surface area contributed by atoms with Gasteiger partial charge in [-0.2, -0.15) is 5.10 Å². The first kappa shape index (κ1) is 20.1. The van der Waals surface area contributed by atoms with Crippen LogP contribution < -0.4 is 15.7 Å². The van der Waals surface area contributed by atoms with Gasteiger partial charge in [0.05, 0.1) is 11.9 Å². The lowest BCUT2D eigenvalue weighted by Gasteiger charge is -2.09. The summed E-state index contributed by atoms with van der Waals surface area (Å²) in [5.74, 6) is 0.981. The molecular formula is C25H22N4O2. The lowest BCUT2D eigenvalue weighted by Crippen LogP contribution is -2.10. The third-order valence-electron chi connectivity index (χ3n) is 4.58. The van der Waals surface area contributed by atoms with Crippen molar-refractivity contribution in [2.24, 2.45) is 5.10 Å². The molecule has 31 heavy (non-hydrogen) atoms. The zero-order chi connectivity index (χ0) is 21.5. The van der Waals surface area contributed by atoms with Crippen molar-refractivity contribution in [3.8, 4) is 17.0 Å².